The number of rotatable bonds is 3. The zero-order valence-corrected chi connectivity index (χ0v) is 13.8. The maximum absolute atomic E-state index is 12.8. The number of hydrogen-bond donors (Lipinski definition) is 0. The molecule has 0 aliphatic carbocycles. The lowest BCUT2D eigenvalue weighted by Crippen LogP contribution is -2.30. The predicted molar refractivity (Wildman–Crippen MR) is 82.1 cm³/mol. The minimum atomic E-state index is -3.45. The number of hydrogen-bond acceptors (Lipinski definition) is 4. The lowest BCUT2D eigenvalue weighted by atomic mass is 10.1. The first-order valence-electron chi connectivity index (χ1n) is 6.25. The average molecular weight is 373 g/mol. The largest absolute Gasteiger partial charge is 0.264 e. The summed E-state index contributed by atoms with van der Waals surface area (Å²) < 4.78 is 28.2. The quantitative estimate of drug-likeness (QED) is 0.828. The van der Waals surface area contributed by atoms with E-state index in [1.54, 1.807) is 28.1 Å². The van der Waals surface area contributed by atoms with Crippen LogP contribution >= 0.6 is 27.3 Å². The number of halogens is 1. The van der Waals surface area contributed by atoms with Crippen LogP contribution in [0, 0.1) is 0 Å². The maximum atomic E-state index is 12.8. The highest BCUT2D eigenvalue weighted by Crippen LogP contribution is 2.39. The summed E-state index contributed by atoms with van der Waals surface area (Å²) >= 11 is 4.57. The van der Waals surface area contributed by atoms with Crippen molar-refractivity contribution in [1.82, 2.24) is 9.29 Å². The van der Waals surface area contributed by atoms with Crippen LogP contribution in [0.25, 0.3) is 0 Å². The van der Waals surface area contributed by atoms with Gasteiger partial charge in [0.1, 0.15) is 4.21 Å². The molecule has 1 atom stereocenters. The van der Waals surface area contributed by atoms with Crippen LogP contribution in [0.1, 0.15) is 24.4 Å². The third-order valence-electron chi connectivity index (χ3n) is 3.40. The second-order valence-electron chi connectivity index (χ2n) is 4.62. The van der Waals surface area contributed by atoms with E-state index >= 15 is 0 Å². The fourth-order valence-corrected chi connectivity index (χ4v) is 6.61. The van der Waals surface area contributed by atoms with Gasteiger partial charge < -0.3 is 0 Å². The third-order valence-corrected chi connectivity index (χ3v) is 7.96. The Morgan fingerprint density at radius 3 is 2.90 bits per heavy atom. The molecule has 0 saturated carbocycles. The fourth-order valence-electron chi connectivity index (χ4n) is 2.50. The molecule has 2 aromatic heterocycles. The van der Waals surface area contributed by atoms with Crippen molar-refractivity contribution in [3.05, 3.63) is 46.0 Å². The molecule has 3 heterocycles. The molecule has 0 bridgehead atoms. The van der Waals surface area contributed by atoms with Gasteiger partial charge in [-0.05, 0) is 51.8 Å². The Bertz CT molecular complexity index is 700. The summed E-state index contributed by atoms with van der Waals surface area (Å²) in [5.41, 5.74) is 0.959. The second kappa shape index (κ2) is 5.55. The Morgan fingerprint density at radius 2 is 2.25 bits per heavy atom. The van der Waals surface area contributed by atoms with Crippen molar-refractivity contribution >= 4 is 37.3 Å². The van der Waals surface area contributed by atoms with Crippen molar-refractivity contribution in [2.45, 2.75) is 23.1 Å². The van der Waals surface area contributed by atoms with Crippen LogP contribution in [0.4, 0.5) is 0 Å². The smallest absolute Gasteiger partial charge is 0.254 e. The molecule has 0 N–H and O–H groups in total. The Labute approximate surface area is 130 Å². The van der Waals surface area contributed by atoms with Gasteiger partial charge >= 0.3 is 0 Å². The summed E-state index contributed by atoms with van der Waals surface area (Å²) in [6, 6.07) is 5.45. The molecule has 1 aliphatic rings. The molecule has 20 heavy (non-hydrogen) atoms. The molecule has 1 aliphatic heterocycles. The van der Waals surface area contributed by atoms with Gasteiger partial charge in [0.25, 0.3) is 10.0 Å². The van der Waals surface area contributed by atoms with E-state index in [9.17, 15) is 8.42 Å². The highest BCUT2D eigenvalue weighted by atomic mass is 79.9. The van der Waals surface area contributed by atoms with E-state index in [0.717, 1.165) is 18.4 Å². The normalized spacial score (nSPS) is 20.4. The Kier molecular flexibility index (Phi) is 3.94. The molecule has 0 radical (unpaired) electrons. The van der Waals surface area contributed by atoms with Gasteiger partial charge in [-0.15, -0.1) is 11.3 Å². The molecule has 1 unspecified atom stereocenters. The average Bonchev–Trinajstić information content (AvgIpc) is 3.08. The fraction of sp³-hybridized carbons (Fsp3) is 0.308. The van der Waals surface area contributed by atoms with E-state index in [1.165, 1.54) is 11.3 Å². The van der Waals surface area contributed by atoms with Gasteiger partial charge in [0.15, 0.2) is 0 Å². The van der Waals surface area contributed by atoms with Crippen LogP contribution < -0.4 is 0 Å². The number of aromatic nitrogens is 1. The SMILES string of the molecule is O=S(=O)(c1sccc1Br)N1CCCC1c1cccnc1. The van der Waals surface area contributed by atoms with Gasteiger partial charge in [0.05, 0.1) is 6.04 Å². The minimum absolute atomic E-state index is 0.109. The number of nitrogens with zero attached hydrogens (tertiary/aromatic N) is 2. The maximum Gasteiger partial charge on any atom is 0.254 e. The summed E-state index contributed by atoms with van der Waals surface area (Å²) in [5.74, 6) is 0. The van der Waals surface area contributed by atoms with Gasteiger partial charge in [0.2, 0.25) is 0 Å². The topological polar surface area (TPSA) is 50.3 Å². The van der Waals surface area contributed by atoms with Crippen LogP contribution in [-0.2, 0) is 10.0 Å². The molecule has 2 aromatic rings. The van der Waals surface area contributed by atoms with Gasteiger partial charge in [-0.1, -0.05) is 6.07 Å². The summed E-state index contributed by atoms with van der Waals surface area (Å²) in [5, 5.41) is 1.78. The molecule has 4 nitrogen and oxygen atoms in total. The van der Waals surface area contributed by atoms with E-state index in [0.29, 0.717) is 15.2 Å². The molecule has 1 saturated heterocycles. The Hall–Kier alpha value is -0.760. The van der Waals surface area contributed by atoms with Crippen molar-refractivity contribution in [2.24, 2.45) is 0 Å². The van der Waals surface area contributed by atoms with Crippen LogP contribution in [0.5, 0.6) is 0 Å². The molecular weight excluding hydrogens is 360 g/mol. The standard InChI is InChI=1S/C13H13BrN2O2S2/c14-11-5-8-19-13(11)20(17,18)16-7-2-4-12(16)10-3-1-6-15-9-10/h1,3,5-6,8-9,12H,2,4,7H2. The molecule has 3 rings (SSSR count). The summed E-state index contributed by atoms with van der Waals surface area (Å²) in [6.45, 7) is 0.562. The molecule has 1 fully saturated rings. The van der Waals surface area contributed by atoms with Crippen molar-refractivity contribution in [3.8, 4) is 0 Å². The zero-order valence-electron chi connectivity index (χ0n) is 10.6. The molecule has 0 aromatic carbocycles. The zero-order chi connectivity index (χ0) is 14.2. The van der Waals surface area contributed by atoms with Crippen molar-refractivity contribution in [3.63, 3.8) is 0 Å². The number of sulfonamides is 1. The first-order valence-corrected chi connectivity index (χ1v) is 9.37. The van der Waals surface area contributed by atoms with E-state index in [-0.39, 0.29) is 6.04 Å². The van der Waals surface area contributed by atoms with E-state index < -0.39 is 10.0 Å². The van der Waals surface area contributed by atoms with Crippen LogP contribution in [-0.4, -0.2) is 24.3 Å². The summed E-state index contributed by atoms with van der Waals surface area (Å²) in [7, 11) is -3.45. The lowest BCUT2D eigenvalue weighted by Gasteiger charge is -2.23. The van der Waals surface area contributed by atoms with E-state index in [1.807, 2.05) is 12.1 Å². The Balaban J connectivity index is 1.99. The number of thiophene rings is 1. The minimum Gasteiger partial charge on any atom is -0.264 e. The van der Waals surface area contributed by atoms with Crippen molar-refractivity contribution in [1.29, 1.82) is 0 Å². The molecule has 0 amide bonds. The molecule has 106 valence electrons. The summed E-state index contributed by atoms with van der Waals surface area (Å²) in [6.07, 6.45) is 5.17. The van der Waals surface area contributed by atoms with Gasteiger partial charge in [-0.25, -0.2) is 8.42 Å². The lowest BCUT2D eigenvalue weighted by molar-refractivity contribution is 0.397. The highest BCUT2D eigenvalue weighted by Gasteiger charge is 2.37. The summed E-state index contributed by atoms with van der Waals surface area (Å²) in [4.78, 5) is 4.10. The predicted octanol–water partition coefficient (Wildman–Crippen LogP) is 3.43. The van der Waals surface area contributed by atoms with Gasteiger partial charge in [-0.2, -0.15) is 4.31 Å². The first kappa shape index (κ1) is 14.2. The monoisotopic (exact) mass is 372 g/mol. The van der Waals surface area contributed by atoms with Crippen molar-refractivity contribution < 1.29 is 8.42 Å². The number of pyridine rings is 1. The molecule has 7 heteroatoms. The van der Waals surface area contributed by atoms with Gasteiger partial charge in [-0.3, -0.25) is 4.98 Å². The van der Waals surface area contributed by atoms with E-state index in [2.05, 4.69) is 20.9 Å². The van der Waals surface area contributed by atoms with Crippen LogP contribution in [0.2, 0.25) is 0 Å². The van der Waals surface area contributed by atoms with Crippen LogP contribution in [0.15, 0.2) is 44.7 Å². The molecule has 0 spiro atoms. The Morgan fingerprint density at radius 1 is 1.40 bits per heavy atom. The second-order valence-corrected chi connectivity index (χ2v) is 8.47. The van der Waals surface area contributed by atoms with Crippen molar-refractivity contribution in [2.75, 3.05) is 6.54 Å². The van der Waals surface area contributed by atoms with Crippen LogP contribution in [0.3, 0.4) is 0 Å². The molecular formula is C13H13BrN2O2S2. The van der Waals surface area contributed by atoms with Gasteiger partial charge in [0, 0.05) is 23.4 Å². The first-order chi connectivity index (χ1) is 9.60. The van der Waals surface area contributed by atoms with E-state index in [4.69, 9.17) is 0 Å². The third kappa shape index (κ3) is 2.43. The highest BCUT2D eigenvalue weighted by molar-refractivity contribution is 9.10.